The molecule has 1 aliphatic carbocycles. The van der Waals surface area contributed by atoms with Gasteiger partial charge in [0.15, 0.2) is 0 Å². The van der Waals surface area contributed by atoms with Crippen LogP contribution in [0, 0.1) is 3.57 Å². The van der Waals surface area contributed by atoms with E-state index < -0.39 is 5.60 Å². The average Bonchev–Trinajstić information content (AvgIpc) is 2.75. The molecule has 1 aromatic rings. The van der Waals surface area contributed by atoms with E-state index >= 15 is 0 Å². The van der Waals surface area contributed by atoms with Crippen LogP contribution in [0.25, 0.3) is 0 Å². The third kappa shape index (κ3) is 2.33. The van der Waals surface area contributed by atoms with E-state index in [-0.39, 0.29) is 15.0 Å². The number of nitrogens with one attached hydrogen (secondary N) is 1. The number of aromatic nitrogens is 2. The van der Waals surface area contributed by atoms with Crippen LogP contribution in [0.3, 0.4) is 0 Å². The third-order valence-electron chi connectivity index (χ3n) is 3.11. The van der Waals surface area contributed by atoms with E-state index in [0.29, 0.717) is 12.4 Å². The summed E-state index contributed by atoms with van der Waals surface area (Å²) < 4.78 is 6.00. The van der Waals surface area contributed by atoms with Crippen molar-refractivity contribution in [3.05, 3.63) is 19.7 Å². The second kappa shape index (κ2) is 4.93. The van der Waals surface area contributed by atoms with Crippen molar-refractivity contribution in [1.82, 2.24) is 9.97 Å². The fourth-order valence-electron chi connectivity index (χ4n) is 2.33. The zero-order valence-corrected chi connectivity index (χ0v) is 11.8. The SMILES string of the molecule is CCOC1(c2nc(O)c(I)c(=O)[nH]2)CCCC1. The van der Waals surface area contributed by atoms with Crippen LogP contribution in [0.1, 0.15) is 38.4 Å². The van der Waals surface area contributed by atoms with Gasteiger partial charge in [0, 0.05) is 6.61 Å². The maximum absolute atomic E-state index is 11.6. The Kier molecular flexibility index (Phi) is 3.72. The molecule has 2 rings (SSSR count). The molecule has 5 nitrogen and oxygen atoms in total. The predicted molar refractivity (Wildman–Crippen MR) is 71.0 cm³/mol. The van der Waals surface area contributed by atoms with E-state index in [1.165, 1.54) is 0 Å². The van der Waals surface area contributed by atoms with E-state index in [1.807, 2.05) is 6.92 Å². The van der Waals surface area contributed by atoms with Gasteiger partial charge >= 0.3 is 0 Å². The van der Waals surface area contributed by atoms with E-state index in [2.05, 4.69) is 9.97 Å². The van der Waals surface area contributed by atoms with Crippen LogP contribution in [-0.2, 0) is 10.3 Å². The molecule has 0 bridgehead atoms. The van der Waals surface area contributed by atoms with Crippen molar-refractivity contribution < 1.29 is 9.84 Å². The normalized spacial score (nSPS) is 18.5. The first-order valence-corrected chi connectivity index (χ1v) is 6.80. The summed E-state index contributed by atoms with van der Waals surface area (Å²) in [5.74, 6) is 0.245. The van der Waals surface area contributed by atoms with Crippen molar-refractivity contribution in [2.45, 2.75) is 38.2 Å². The summed E-state index contributed by atoms with van der Waals surface area (Å²) in [5.41, 5.74) is -0.825. The minimum atomic E-state index is -0.518. The molecule has 1 aromatic heterocycles. The molecule has 0 atom stereocenters. The summed E-state index contributed by atoms with van der Waals surface area (Å²) in [6, 6.07) is 0. The predicted octanol–water partition coefficient (Wildman–Crippen LogP) is 1.89. The van der Waals surface area contributed by atoms with Crippen LogP contribution in [0.2, 0.25) is 0 Å². The fraction of sp³-hybridized carbons (Fsp3) is 0.636. The molecule has 6 heteroatoms. The second-order valence-corrected chi connectivity index (χ2v) is 5.27. The Labute approximate surface area is 113 Å². The Morgan fingerprint density at radius 1 is 1.53 bits per heavy atom. The Morgan fingerprint density at radius 3 is 2.71 bits per heavy atom. The molecule has 0 radical (unpaired) electrons. The molecular formula is C11H15IN2O3. The van der Waals surface area contributed by atoms with Crippen molar-refractivity contribution in [2.75, 3.05) is 6.61 Å². The van der Waals surface area contributed by atoms with Crippen LogP contribution in [0.4, 0.5) is 0 Å². The number of aromatic hydroxyl groups is 1. The maximum atomic E-state index is 11.6. The van der Waals surface area contributed by atoms with Crippen LogP contribution < -0.4 is 5.56 Å². The van der Waals surface area contributed by atoms with Crippen LogP contribution in [0.5, 0.6) is 5.88 Å². The van der Waals surface area contributed by atoms with E-state index in [0.717, 1.165) is 25.7 Å². The molecule has 0 aliphatic heterocycles. The number of nitrogens with zero attached hydrogens (tertiary/aromatic N) is 1. The number of aromatic amines is 1. The van der Waals surface area contributed by atoms with E-state index in [4.69, 9.17) is 4.74 Å². The van der Waals surface area contributed by atoms with Gasteiger partial charge in [-0.05, 0) is 55.2 Å². The summed E-state index contributed by atoms with van der Waals surface area (Å²) in [4.78, 5) is 18.4. The van der Waals surface area contributed by atoms with Gasteiger partial charge in [-0.3, -0.25) is 4.79 Å². The largest absolute Gasteiger partial charge is 0.492 e. The first-order chi connectivity index (χ1) is 8.09. The lowest BCUT2D eigenvalue weighted by Crippen LogP contribution is -2.32. The van der Waals surface area contributed by atoms with Gasteiger partial charge in [-0.25, -0.2) is 0 Å². The molecule has 1 fully saturated rings. The number of rotatable bonds is 3. The molecular weight excluding hydrogens is 335 g/mol. The van der Waals surface area contributed by atoms with Crippen molar-refractivity contribution in [1.29, 1.82) is 0 Å². The summed E-state index contributed by atoms with van der Waals surface area (Å²) in [7, 11) is 0. The Morgan fingerprint density at radius 2 is 2.18 bits per heavy atom. The van der Waals surface area contributed by atoms with Crippen LogP contribution in [0.15, 0.2) is 4.79 Å². The summed E-state index contributed by atoms with van der Waals surface area (Å²) in [5, 5.41) is 9.63. The lowest BCUT2D eigenvalue weighted by molar-refractivity contribution is -0.0462. The number of ether oxygens (including phenoxy) is 1. The highest BCUT2D eigenvalue weighted by molar-refractivity contribution is 14.1. The van der Waals surface area contributed by atoms with Gasteiger partial charge in [0.1, 0.15) is 15.0 Å². The lowest BCUT2D eigenvalue weighted by Gasteiger charge is -2.27. The quantitative estimate of drug-likeness (QED) is 0.817. The second-order valence-electron chi connectivity index (χ2n) is 4.19. The van der Waals surface area contributed by atoms with Crippen molar-refractivity contribution in [3.63, 3.8) is 0 Å². The molecule has 0 aromatic carbocycles. The molecule has 17 heavy (non-hydrogen) atoms. The maximum Gasteiger partial charge on any atom is 0.268 e. The average molecular weight is 350 g/mol. The molecule has 1 heterocycles. The van der Waals surface area contributed by atoms with Gasteiger partial charge in [0.2, 0.25) is 5.88 Å². The van der Waals surface area contributed by atoms with Gasteiger partial charge in [-0.1, -0.05) is 0 Å². The van der Waals surface area contributed by atoms with Gasteiger partial charge in [-0.15, -0.1) is 0 Å². The summed E-state index contributed by atoms with van der Waals surface area (Å²) in [6.45, 7) is 2.49. The van der Waals surface area contributed by atoms with Gasteiger partial charge in [-0.2, -0.15) is 4.98 Å². The highest BCUT2D eigenvalue weighted by atomic mass is 127. The summed E-state index contributed by atoms with van der Waals surface area (Å²) in [6.07, 6.45) is 3.78. The van der Waals surface area contributed by atoms with Crippen molar-refractivity contribution in [2.24, 2.45) is 0 Å². The number of H-pyrrole nitrogens is 1. The Bertz CT molecular complexity index is 466. The molecule has 1 aliphatic rings. The first kappa shape index (κ1) is 12.8. The zero-order chi connectivity index (χ0) is 12.5. The number of hydrogen-bond donors (Lipinski definition) is 2. The van der Waals surface area contributed by atoms with E-state index in [1.54, 1.807) is 22.6 Å². The van der Waals surface area contributed by atoms with Crippen LogP contribution in [-0.4, -0.2) is 21.7 Å². The summed E-state index contributed by atoms with van der Waals surface area (Å²) >= 11 is 1.78. The molecule has 2 N–H and O–H groups in total. The topological polar surface area (TPSA) is 75.2 Å². The molecule has 1 saturated carbocycles. The smallest absolute Gasteiger partial charge is 0.268 e. The molecule has 0 amide bonds. The highest BCUT2D eigenvalue weighted by Crippen LogP contribution is 2.40. The van der Waals surface area contributed by atoms with Gasteiger partial charge in [0.25, 0.3) is 5.56 Å². The van der Waals surface area contributed by atoms with Gasteiger partial charge < -0.3 is 14.8 Å². The minimum Gasteiger partial charge on any atom is -0.492 e. The van der Waals surface area contributed by atoms with Crippen molar-refractivity contribution in [3.8, 4) is 5.88 Å². The number of halogens is 1. The Balaban J connectivity index is 2.47. The third-order valence-corrected chi connectivity index (χ3v) is 4.08. The standard InChI is InChI=1S/C11H15IN2O3/c1-2-17-11(5-3-4-6-11)10-13-8(15)7(12)9(16)14-10/h2-6H2,1H3,(H2,13,14,15,16). The Hall–Kier alpha value is -0.630. The molecule has 0 unspecified atom stereocenters. The zero-order valence-electron chi connectivity index (χ0n) is 9.62. The minimum absolute atomic E-state index is 0.213. The monoisotopic (exact) mass is 350 g/mol. The van der Waals surface area contributed by atoms with Crippen molar-refractivity contribution >= 4 is 22.6 Å². The fourth-order valence-corrected chi connectivity index (χ4v) is 2.59. The van der Waals surface area contributed by atoms with E-state index in [9.17, 15) is 9.90 Å². The highest BCUT2D eigenvalue weighted by Gasteiger charge is 2.39. The number of hydrogen-bond acceptors (Lipinski definition) is 4. The van der Waals surface area contributed by atoms with Gasteiger partial charge in [0.05, 0.1) is 0 Å². The lowest BCUT2D eigenvalue weighted by atomic mass is 10.0. The molecule has 0 spiro atoms. The molecule has 0 saturated heterocycles. The van der Waals surface area contributed by atoms with Crippen LogP contribution >= 0.6 is 22.6 Å². The molecule has 94 valence electrons. The first-order valence-electron chi connectivity index (χ1n) is 5.72.